The van der Waals surface area contributed by atoms with E-state index in [1.165, 1.54) is 12.1 Å². The number of aromatic nitrogens is 1. The highest BCUT2D eigenvalue weighted by Gasteiger charge is 2.15. The van der Waals surface area contributed by atoms with Crippen LogP contribution in [0.25, 0.3) is 0 Å². The number of ether oxygens (including phenoxy) is 2. The molecule has 7 heteroatoms. The van der Waals surface area contributed by atoms with Gasteiger partial charge in [0.25, 0.3) is 5.91 Å². The van der Waals surface area contributed by atoms with Crippen LogP contribution in [0.4, 0.5) is 0 Å². The van der Waals surface area contributed by atoms with E-state index in [0.717, 1.165) is 0 Å². The Balaban J connectivity index is 1.95. The number of rotatable bonds is 7. The largest absolute Gasteiger partial charge is 0.493 e. The number of nitrogens with zero attached hydrogens (tertiary/aromatic N) is 1. The molecule has 2 N–H and O–H groups in total. The molecule has 0 aliphatic carbocycles. The topological polar surface area (TPSA) is 97.8 Å². The van der Waals surface area contributed by atoms with Gasteiger partial charge in [0.2, 0.25) is 0 Å². The number of carbonyl (C=O) groups excluding carboxylic acids is 1. The SMILES string of the molecule is COc1ccccc1OC(C)CNC(=O)c1ccc(C(=O)O)c(C)n1. The van der Waals surface area contributed by atoms with Gasteiger partial charge in [0.05, 0.1) is 24.9 Å². The van der Waals surface area contributed by atoms with Gasteiger partial charge in [-0.15, -0.1) is 0 Å². The summed E-state index contributed by atoms with van der Waals surface area (Å²) in [6, 6.07) is 10.0. The third kappa shape index (κ3) is 4.69. The molecule has 132 valence electrons. The lowest BCUT2D eigenvalue weighted by Crippen LogP contribution is -2.34. The molecule has 1 atom stereocenters. The van der Waals surface area contributed by atoms with Crippen LogP contribution in [0.2, 0.25) is 0 Å². The molecule has 1 aromatic heterocycles. The Bertz CT molecular complexity index is 776. The maximum atomic E-state index is 12.2. The fraction of sp³-hybridized carbons (Fsp3) is 0.278. The molecule has 0 saturated heterocycles. The molecule has 0 spiro atoms. The number of nitrogens with one attached hydrogen (secondary N) is 1. The van der Waals surface area contributed by atoms with E-state index in [2.05, 4.69) is 10.3 Å². The van der Waals surface area contributed by atoms with Gasteiger partial charge in [-0.25, -0.2) is 9.78 Å². The molecular weight excluding hydrogens is 324 g/mol. The number of hydrogen-bond acceptors (Lipinski definition) is 5. The van der Waals surface area contributed by atoms with Crippen LogP contribution in [0.15, 0.2) is 36.4 Å². The van der Waals surface area contributed by atoms with E-state index < -0.39 is 11.9 Å². The van der Waals surface area contributed by atoms with E-state index in [0.29, 0.717) is 17.2 Å². The standard InChI is InChI=1S/C18H20N2O5/c1-11(25-16-7-5-4-6-15(16)24-3)10-19-17(21)14-9-8-13(18(22)23)12(2)20-14/h4-9,11H,10H2,1-3H3,(H,19,21)(H,22,23). The number of carboxylic acids is 1. The van der Waals surface area contributed by atoms with E-state index in [4.69, 9.17) is 14.6 Å². The van der Waals surface area contributed by atoms with E-state index >= 15 is 0 Å². The molecule has 1 amide bonds. The van der Waals surface area contributed by atoms with Gasteiger partial charge in [-0.2, -0.15) is 0 Å². The molecule has 0 fully saturated rings. The second-order valence-electron chi connectivity index (χ2n) is 5.42. The molecular formula is C18H20N2O5. The normalized spacial score (nSPS) is 11.5. The van der Waals surface area contributed by atoms with Crippen molar-refractivity contribution < 1.29 is 24.2 Å². The predicted molar refractivity (Wildman–Crippen MR) is 91.4 cm³/mol. The van der Waals surface area contributed by atoms with Crippen LogP contribution in [0.3, 0.4) is 0 Å². The second kappa shape index (κ2) is 8.14. The Labute approximate surface area is 145 Å². The number of carboxylic acid groups (broad SMARTS) is 1. The number of pyridine rings is 1. The molecule has 7 nitrogen and oxygen atoms in total. The quantitative estimate of drug-likeness (QED) is 0.800. The number of carbonyl (C=O) groups is 2. The van der Waals surface area contributed by atoms with Crippen molar-refractivity contribution in [1.29, 1.82) is 0 Å². The number of aryl methyl sites for hydroxylation is 1. The average Bonchev–Trinajstić information content (AvgIpc) is 2.59. The van der Waals surface area contributed by atoms with Gasteiger partial charge in [0.1, 0.15) is 11.8 Å². The molecule has 1 aromatic carbocycles. The first-order valence-electron chi connectivity index (χ1n) is 7.71. The smallest absolute Gasteiger partial charge is 0.337 e. The van der Waals surface area contributed by atoms with Crippen LogP contribution < -0.4 is 14.8 Å². The summed E-state index contributed by atoms with van der Waals surface area (Å²) in [5.74, 6) is -0.264. The second-order valence-corrected chi connectivity index (χ2v) is 5.42. The number of para-hydroxylation sites is 2. The summed E-state index contributed by atoms with van der Waals surface area (Å²) in [5, 5.41) is 11.7. The van der Waals surface area contributed by atoms with Crippen molar-refractivity contribution in [1.82, 2.24) is 10.3 Å². The summed E-state index contributed by atoms with van der Waals surface area (Å²) in [7, 11) is 1.56. The summed E-state index contributed by atoms with van der Waals surface area (Å²) in [5.41, 5.74) is 0.523. The lowest BCUT2D eigenvalue weighted by molar-refractivity contribution is 0.0694. The Morgan fingerprint density at radius 2 is 1.88 bits per heavy atom. The van der Waals surface area contributed by atoms with E-state index in [1.807, 2.05) is 19.1 Å². The van der Waals surface area contributed by atoms with Gasteiger partial charge in [0, 0.05) is 0 Å². The third-order valence-corrected chi connectivity index (χ3v) is 3.50. The lowest BCUT2D eigenvalue weighted by atomic mass is 10.2. The number of benzene rings is 1. The molecule has 25 heavy (non-hydrogen) atoms. The van der Waals surface area contributed by atoms with Crippen LogP contribution in [-0.4, -0.2) is 41.7 Å². The maximum Gasteiger partial charge on any atom is 0.337 e. The van der Waals surface area contributed by atoms with Crippen LogP contribution in [0.5, 0.6) is 11.5 Å². The van der Waals surface area contributed by atoms with E-state index in [9.17, 15) is 9.59 Å². The van der Waals surface area contributed by atoms with Crippen molar-refractivity contribution in [3.8, 4) is 11.5 Å². The van der Waals surface area contributed by atoms with E-state index in [-0.39, 0.29) is 23.9 Å². The first-order valence-corrected chi connectivity index (χ1v) is 7.71. The maximum absolute atomic E-state index is 12.2. The Morgan fingerprint density at radius 3 is 2.48 bits per heavy atom. The van der Waals surface area contributed by atoms with Crippen molar-refractivity contribution >= 4 is 11.9 Å². The fourth-order valence-electron chi connectivity index (χ4n) is 2.22. The first kappa shape index (κ1) is 18.3. The van der Waals surface area contributed by atoms with Gasteiger partial charge in [-0.05, 0) is 38.1 Å². The van der Waals surface area contributed by atoms with Crippen LogP contribution in [0, 0.1) is 6.92 Å². The van der Waals surface area contributed by atoms with Crippen molar-refractivity contribution in [2.45, 2.75) is 20.0 Å². The number of methoxy groups -OCH3 is 1. The highest BCUT2D eigenvalue weighted by atomic mass is 16.5. The van der Waals surface area contributed by atoms with Crippen LogP contribution in [0.1, 0.15) is 33.5 Å². The van der Waals surface area contributed by atoms with Crippen LogP contribution in [-0.2, 0) is 0 Å². The first-order chi connectivity index (χ1) is 11.9. The number of aromatic carboxylic acids is 1. The Hall–Kier alpha value is -3.09. The predicted octanol–water partition coefficient (Wildman–Crippen LogP) is 2.29. The summed E-state index contributed by atoms with van der Waals surface area (Å²) < 4.78 is 11.0. The van der Waals surface area contributed by atoms with Crippen molar-refractivity contribution in [3.05, 3.63) is 53.3 Å². The zero-order valence-corrected chi connectivity index (χ0v) is 14.3. The molecule has 0 radical (unpaired) electrons. The van der Waals surface area contributed by atoms with E-state index in [1.54, 1.807) is 26.2 Å². The molecule has 2 aromatic rings. The Morgan fingerprint density at radius 1 is 1.20 bits per heavy atom. The minimum absolute atomic E-state index is 0.0735. The van der Waals surface area contributed by atoms with Crippen LogP contribution >= 0.6 is 0 Å². The fourth-order valence-corrected chi connectivity index (χ4v) is 2.22. The van der Waals surface area contributed by atoms with Gasteiger partial charge < -0.3 is 19.9 Å². The number of hydrogen-bond donors (Lipinski definition) is 2. The van der Waals surface area contributed by atoms with Crippen molar-refractivity contribution in [2.75, 3.05) is 13.7 Å². The third-order valence-electron chi connectivity index (χ3n) is 3.50. The zero-order chi connectivity index (χ0) is 18.4. The summed E-state index contributed by atoms with van der Waals surface area (Å²) in [4.78, 5) is 27.2. The molecule has 0 bridgehead atoms. The molecule has 1 heterocycles. The van der Waals surface area contributed by atoms with Gasteiger partial charge in [0.15, 0.2) is 11.5 Å². The lowest BCUT2D eigenvalue weighted by Gasteiger charge is -2.17. The average molecular weight is 344 g/mol. The van der Waals surface area contributed by atoms with Gasteiger partial charge >= 0.3 is 5.97 Å². The monoisotopic (exact) mass is 344 g/mol. The molecule has 0 aliphatic heterocycles. The Kier molecular flexibility index (Phi) is 5.94. The summed E-state index contributed by atoms with van der Waals surface area (Å²) in [6.45, 7) is 3.63. The van der Waals surface area contributed by atoms with Crippen molar-refractivity contribution in [3.63, 3.8) is 0 Å². The highest BCUT2D eigenvalue weighted by molar-refractivity contribution is 5.94. The van der Waals surface area contributed by atoms with Gasteiger partial charge in [-0.3, -0.25) is 4.79 Å². The highest BCUT2D eigenvalue weighted by Crippen LogP contribution is 2.26. The molecule has 2 rings (SSSR count). The van der Waals surface area contributed by atoms with Crippen molar-refractivity contribution in [2.24, 2.45) is 0 Å². The molecule has 1 unspecified atom stereocenters. The number of amides is 1. The summed E-state index contributed by atoms with van der Waals surface area (Å²) in [6.07, 6.45) is -0.292. The summed E-state index contributed by atoms with van der Waals surface area (Å²) >= 11 is 0. The molecule has 0 saturated carbocycles. The minimum atomic E-state index is -1.07. The van der Waals surface area contributed by atoms with Gasteiger partial charge in [-0.1, -0.05) is 12.1 Å². The molecule has 0 aliphatic rings. The minimum Gasteiger partial charge on any atom is -0.493 e. The zero-order valence-electron chi connectivity index (χ0n) is 14.3.